The van der Waals surface area contributed by atoms with Crippen molar-refractivity contribution in [3.05, 3.63) is 65.9 Å². The molecule has 4 rings (SSSR count). The van der Waals surface area contributed by atoms with Gasteiger partial charge in [-0.3, -0.25) is 9.59 Å². The van der Waals surface area contributed by atoms with E-state index in [0.717, 1.165) is 59.8 Å². The van der Waals surface area contributed by atoms with Gasteiger partial charge in [0.1, 0.15) is 0 Å². The van der Waals surface area contributed by atoms with Crippen LogP contribution in [-0.4, -0.2) is 40.8 Å². The van der Waals surface area contributed by atoms with E-state index in [9.17, 15) is 9.59 Å². The Hall–Kier alpha value is -3.12. The van der Waals surface area contributed by atoms with Crippen LogP contribution in [0.1, 0.15) is 50.2 Å². The van der Waals surface area contributed by atoms with Gasteiger partial charge in [0.15, 0.2) is 0 Å². The molecule has 2 heterocycles. The van der Waals surface area contributed by atoms with E-state index in [1.165, 1.54) is 0 Å². The molecule has 0 saturated heterocycles. The average Bonchev–Trinajstić information content (AvgIpc) is 3.21. The number of amides is 2. The number of anilines is 1. The maximum absolute atomic E-state index is 13.5. The fraction of sp³-hybridized carbons (Fsp3) is 0.407. The standard InChI is InChI=1S/C27H34N4O2/c1-20(32)31-16-10-4-2-3-9-15-30(19-21-11-5-8-14-26(21)31)27(33)24(28)17-22-18-29-25-13-7-6-12-23(22)25/h5-8,11-14,18,24,29H,2-4,9-10,15-17,19,28H2,1H3/t24-/m1/s1. The number of nitrogens with zero attached hydrogens (tertiary/aromatic N) is 2. The minimum atomic E-state index is -0.617. The minimum Gasteiger partial charge on any atom is -0.361 e. The number of fused-ring (bicyclic) bond motifs is 2. The Bertz CT molecular complexity index is 1110. The van der Waals surface area contributed by atoms with Crippen LogP contribution in [0.5, 0.6) is 0 Å². The second-order valence-corrected chi connectivity index (χ2v) is 9.00. The molecular formula is C27H34N4O2. The van der Waals surface area contributed by atoms with E-state index in [-0.39, 0.29) is 11.8 Å². The lowest BCUT2D eigenvalue weighted by Gasteiger charge is -2.30. The summed E-state index contributed by atoms with van der Waals surface area (Å²) in [6.45, 7) is 3.46. The predicted octanol–water partition coefficient (Wildman–Crippen LogP) is 4.38. The summed E-state index contributed by atoms with van der Waals surface area (Å²) in [7, 11) is 0. The van der Waals surface area contributed by atoms with E-state index < -0.39 is 6.04 Å². The number of carbonyl (C=O) groups is 2. The van der Waals surface area contributed by atoms with Gasteiger partial charge in [-0.25, -0.2) is 0 Å². The molecule has 1 aliphatic heterocycles. The lowest BCUT2D eigenvalue weighted by atomic mass is 10.0. The van der Waals surface area contributed by atoms with Crippen LogP contribution in [0.2, 0.25) is 0 Å². The molecule has 0 spiro atoms. The number of aromatic nitrogens is 1. The van der Waals surface area contributed by atoms with E-state index >= 15 is 0 Å². The molecule has 3 aromatic rings. The summed E-state index contributed by atoms with van der Waals surface area (Å²) < 4.78 is 0. The third-order valence-electron chi connectivity index (χ3n) is 6.58. The molecule has 2 aromatic carbocycles. The number of carbonyl (C=O) groups excluding carboxylic acids is 2. The van der Waals surface area contributed by atoms with Crippen molar-refractivity contribution < 1.29 is 9.59 Å². The minimum absolute atomic E-state index is 0.0356. The van der Waals surface area contributed by atoms with Crippen LogP contribution in [0, 0.1) is 0 Å². The van der Waals surface area contributed by atoms with Gasteiger partial charge in [-0.05, 0) is 42.5 Å². The molecule has 0 aliphatic carbocycles. The highest BCUT2D eigenvalue weighted by Crippen LogP contribution is 2.25. The number of aromatic amines is 1. The number of benzene rings is 2. The first-order valence-electron chi connectivity index (χ1n) is 12.0. The molecule has 0 radical (unpaired) electrons. The number of nitrogens with one attached hydrogen (secondary N) is 1. The van der Waals surface area contributed by atoms with Crippen LogP contribution in [0.3, 0.4) is 0 Å². The first kappa shape index (κ1) is 23.1. The summed E-state index contributed by atoms with van der Waals surface area (Å²) in [5, 5.41) is 1.11. The van der Waals surface area contributed by atoms with E-state index in [0.29, 0.717) is 26.1 Å². The summed E-state index contributed by atoms with van der Waals surface area (Å²) in [6.07, 6.45) is 7.66. The fourth-order valence-corrected chi connectivity index (χ4v) is 4.79. The quantitative estimate of drug-likeness (QED) is 0.626. The monoisotopic (exact) mass is 446 g/mol. The number of nitrogens with two attached hydrogens (primary N) is 1. The summed E-state index contributed by atoms with van der Waals surface area (Å²) >= 11 is 0. The highest BCUT2D eigenvalue weighted by atomic mass is 16.2. The van der Waals surface area contributed by atoms with Gasteiger partial charge in [-0.2, -0.15) is 0 Å². The number of H-pyrrole nitrogens is 1. The topological polar surface area (TPSA) is 82.4 Å². The van der Waals surface area contributed by atoms with E-state index in [4.69, 9.17) is 5.73 Å². The number of para-hydroxylation sites is 2. The van der Waals surface area contributed by atoms with Crippen molar-refractivity contribution in [3.8, 4) is 0 Å². The lowest BCUT2D eigenvalue weighted by molar-refractivity contribution is -0.133. The second kappa shape index (κ2) is 10.7. The summed E-state index contributed by atoms with van der Waals surface area (Å²) in [5.74, 6) is -0.00468. The molecule has 3 N–H and O–H groups in total. The van der Waals surface area contributed by atoms with Gasteiger partial charge in [-0.15, -0.1) is 0 Å². The Balaban J connectivity index is 1.57. The van der Waals surface area contributed by atoms with Gasteiger partial charge in [0.05, 0.1) is 6.04 Å². The normalized spacial score (nSPS) is 16.5. The van der Waals surface area contributed by atoms with Crippen molar-refractivity contribution in [2.75, 3.05) is 18.0 Å². The highest BCUT2D eigenvalue weighted by Gasteiger charge is 2.24. The van der Waals surface area contributed by atoms with Gasteiger partial charge in [0, 0.05) is 49.3 Å². The molecule has 1 atom stereocenters. The Morgan fingerprint density at radius 2 is 1.67 bits per heavy atom. The van der Waals surface area contributed by atoms with E-state index in [1.807, 2.05) is 58.5 Å². The van der Waals surface area contributed by atoms with Crippen LogP contribution in [0.4, 0.5) is 5.69 Å². The van der Waals surface area contributed by atoms with Crippen molar-refractivity contribution in [1.29, 1.82) is 0 Å². The molecule has 0 bridgehead atoms. The zero-order valence-corrected chi connectivity index (χ0v) is 19.4. The van der Waals surface area contributed by atoms with Crippen LogP contribution in [0.15, 0.2) is 54.7 Å². The highest BCUT2D eigenvalue weighted by molar-refractivity contribution is 5.92. The lowest BCUT2D eigenvalue weighted by Crippen LogP contribution is -2.45. The Labute approximate surface area is 195 Å². The van der Waals surface area contributed by atoms with E-state index in [1.54, 1.807) is 6.92 Å². The Kier molecular flexibility index (Phi) is 7.45. The smallest absolute Gasteiger partial charge is 0.240 e. The zero-order chi connectivity index (χ0) is 23.2. The molecule has 0 saturated carbocycles. The van der Waals surface area contributed by atoms with Gasteiger partial charge < -0.3 is 20.5 Å². The molecule has 1 aromatic heterocycles. The van der Waals surface area contributed by atoms with E-state index in [2.05, 4.69) is 11.1 Å². The molecule has 33 heavy (non-hydrogen) atoms. The molecule has 6 heteroatoms. The van der Waals surface area contributed by atoms with Gasteiger partial charge in [-0.1, -0.05) is 55.7 Å². The molecular weight excluding hydrogens is 412 g/mol. The van der Waals surface area contributed by atoms with Crippen LogP contribution in [0.25, 0.3) is 10.9 Å². The van der Waals surface area contributed by atoms with Crippen molar-refractivity contribution in [2.24, 2.45) is 5.73 Å². The van der Waals surface area contributed by atoms with Crippen molar-refractivity contribution in [1.82, 2.24) is 9.88 Å². The molecule has 2 amide bonds. The molecule has 1 aliphatic rings. The maximum atomic E-state index is 13.5. The van der Waals surface area contributed by atoms with Crippen LogP contribution < -0.4 is 10.6 Å². The number of hydrogen-bond acceptors (Lipinski definition) is 3. The first-order chi connectivity index (χ1) is 16.0. The van der Waals surface area contributed by atoms with Gasteiger partial charge >= 0.3 is 0 Å². The predicted molar refractivity (Wildman–Crippen MR) is 133 cm³/mol. The van der Waals surface area contributed by atoms with Crippen molar-refractivity contribution in [2.45, 2.75) is 58.0 Å². The SMILES string of the molecule is CC(=O)N1CCCCCCCN(C(=O)[C@H](N)Cc2c[nH]c3ccccc23)Cc2ccccc21. The zero-order valence-electron chi connectivity index (χ0n) is 19.4. The third-order valence-corrected chi connectivity index (χ3v) is 6.58. The summed E-state index contributed by atoms with van der Waals surface area (Å²) in [5.41, 5.74) is 10.5. The average molecular weight is 447 g/mol. The summed E-state index contributed by atoms with van der Waals surface area (Å²) in [4.78, 5) is 32.9. The molecule has 0 fully saturated rings. The number of rotatable bonds is 3. The van der Waals surface area contributed by atoms with Crippen LogP contribution >= 0.6 is 0 Å². The number of hydrogen-bond donors (Lipinski definition) is 2. The van der Waals surface area contributed by atoms with Crippen molar-refractivity contribution >= 4 is 28.4 Å². The van der Waals surface area contributed by atoms with Gasteiger partial charge in [0.2, 0.25) is 11.8 Å². The van der Waals surface area contributed by atoms with Crippen molar-refractivity contribution in [3.63, 3.8) is 0 Å². The Morgan fingerprint density at radius 3 is 2.48 bits per heavy atom. The molecule has 6 nitrogen and oxygen atoms in total. The van der Waals surface area contributed by atoms with Gasteiger partial charge in [0.25, 0.3) is 0 Å². The Morgan fingerprint density at radius 1 is 0.970 bits per heavy atom. The fourth-order valence-electron chi connectivity index (χ4n) is 4.79. The molecule has 0 unspecified atom stereocenters. The summed E-state index contributed by atoms with van der Waals surface area (Å²) in [6, 6.07) is 15.4. The second-order valence-electron chi connectivity index (χ2n) is 9.00. The third kappa shape index (κ3) is 5.45. The first-order valence-corrected chi connectivity index (χ1v) is 12.0. The maximum Gasteiger partial charge on any atom is 0.240 e. The van der Waals surface area contributed by atoms with Crippen LogP contribution in [-0.2, 0) is 22.6 Å². The molecule has 174 valence electrons. The largest absolute Gasteiger partial charge is 0.361 e.